The van der Waals surface area contributed by atoms with Crippen LogP contribution in [0.3, 0.4) is 0 Å². The van der Waals surface area contributed by atoms with E-state index >= 15 is 0 Å². The Morgan fingerprint density at radius 3 is 2.10 bits per heavy atom. The minimum absolute atomic E-state index is 0.116. The van der Waals surface area contributed by atoms with Gasteiger partial charge < -0.3 is 4.42 Å². The van der Waals surface area contributed by atoms with Gasteiger partial charge in [-0.3, -0.25) is 0 Å². The molecule has 2 aliphatic rings. The third-order valence-corrected chi connectivity index (χ3v) is 17.5. The van der Waals surface area contributed by atoms with Gasteiger partial charge in [-0.25, -0.2) is 4.57 Å². The topological polar surface area (TPSA) is 38.7 Å². The van der Waals surface area contributed by atoms with Crippen molar-refractivity contribution in [3.63, 3.8) is 0 Å². The van der Waals surface area contributed by atoms with Gasteiger partial charge in [0, 0.05) is 33.5 Å². The highest BCUT2D eigenvalue weighted by atomic mass is 28.3. The van der Waals surface area contributed by atoms with Crippen molar-refractivity contribution in [1.29, 1.82) is 0 Å². The monoisotopic (exact) mass is 930 g/mol. The predicted octanol–water partition coefficient (Wildman–Crippen LogP) is 15.4. The van der Waals surface area contributed by atoms with Gasteiger partial charge in [0.1, 0.15) is 22.5 Å². The largest absolute Gasteiger partial charge is 0.455 e. The first kappa shape index (κ1) is 44.1. The van der Waals surface area contributed by atoms with Crippen molar-refractivity contribution in [2.75, 3.05) is 0 Å². The smallest absolute Gasteiger partial charge is 0.307 e. The maximum Gasteiger partial charge on any atom is 0.307 e. The van der Waals surface area contributed by atoms with Crippen LogP contribution in [-0.4, -0.2) is 17.6 Å². The number of pyridine rings is 2. The fourth-order valence-corrected chi connectivity index (χ4v) is 13.1. The molecule has 10 aromatic rings. The van der Waals surface area contributed by atoms with Gasteiger partial charge in [-0.2, -0.15) is 9.13 Å². The Balaban J connectivity index is 1.25. The Hall–Kier alpha value is -7.15. The number of para-hydroxylation sites is 1. The SMILES string of the molecule is C=C1CC2C(CCc3cc(-c4ccccc4)c4c(oc5ccccc54)c3-c3n(-c4c(C(C)C)cc(-c5ccccc5)cc4C(C)C)c4ccc(C)nc4[n+]31)c1ccccc1-c1ccc([Si](C)(C)C)c[n+]12. The average molecular weight is 931 g/mol. The van der Waals surface area contributed by atoms with Crippen LogP contribution >= 0.6 is 0 Å². The molecule has 12 rings (SSSR count). The summed E-state index contributed by atoms with van der Waals surface area (Å²) in [7, 11) is -1.69. The van der Waals surface area contributed by atoms with Crippen LogP contribution in [0.4, 0.5) is 0 Å². The van der Waals surface area contributed by atoms with Gasteiger partial charge in [-0.15, -0.1) is 4.98 Å². The van der Waals surface area contributed by atoms with Crippen LogP contribution in [0.15, 0.2) is 169 Å². The zero-order valence-corrected chi connectivity index (χ0v) is 42.8. The van der Waals surface area contributed by atoms with E-state index in [1.54, 1.807) is 0 Å². The molecule has 346 valence electrons. The Morgan fingerprint density at radius 2 is 1.39 bits per heavy atom. The van der Waals surface area contributed by atoms with Crippen molar-refractivity contribution in [2.45, 2.75) is 97.3 Å². The van der Waals surface area contributed by atoms with E-state index in [1.807, 2.05) is 0 Å². The van der Waals surface area contributed by atoms with Crippen molar-refractivity contribution < 1.29 is 13.6 Å². The van der Waals surface area contributed by atoms with E-state index < -0.39 is 8.07 Å². The third kappa shape index (κ3) is 7.05. The summed E-state index contributed by atoms with van der Waals surface area (Å²) in [6.07, 6.45) is 5.04. The second kappa shape index (κ2) is 16.8. The number of rotatable bonds is 6. The van der Waals surface area contributed by atoms with E-state index in [9.17, 15) is 0 Å². The molecule has 5 nitrogen and oxygen atoms in total. The quantitative estimate of drug-likeness (QED) is 0.123. The van der Waals surface area contributed by atoms with E-state index in [4.69, 9.17) is 16.0 Å². The number of hydrogen-bond acceptors (Lipinski definition) is 2. The highest BCUT2D eigenvalue weighted by Gasteiger charge is 2.45. The molecule has 2 atom stereocenters. The van der Waals surface area contributed by atoms with Crippen molar-refractivity contribution in [3.8, 4) is 50.6 Å². The van der Waals surface area contributed by atoms with Crippen molar-refractivity contribution >= 4 is 52.1 Å². The van der Waals surface area contributed by atoms with E-state index in [0.717, 1.165) is 75.1 Å². The summed E-state index contributed by atoms with van der Waals surface area (Å²) in [5.41, 5.74) is 20.8. The summed E-state index contributed by atoms with van der Waals surface area (Å²) in [6.45, 7) is 24.1. The number of benzene rings is 6. The molecule has 0 saturated heterocycles. The predicted molar refractivity (Wildman–Crippen MR) is 293 cm³/mol. The van der Waals surface area contributed by atoms with Crippen LogP contribution in [0.5, 0.6) is 0 Å². The second-order valence-electron chi connectivity index (χ2n) is 21.6. The molecule has 2 aliphatic heterocycles. The van der Waals surface area contributed by atoms with Gasteiger partial charge >= 0.3 is 5.65 Å². The first-order chi connectivity index (χ1) is 33.9. The molecule has 6 aromatic carbocycles. The summed E-state index contributed by atoms with van der Waals surface area (Å²) in [4.78, 5) is 5.57. The lowest BCUT2D eigenvalue weighted by atomic mass is 9.77. The van der Waals surface area contributed by atoms with Crippen LogP contribution in [0.1, 0.15) is 92.3 Å². The number of furan rings is 1. The van der Waals surface area contributed by atoms with Crippen molar-refractivity contribution in [1.82, 2.24) is 9.55 Å². The number of nitrogens with zero attached hydrogens (tertiary/aromatic N) is 4. The number of aryl methyl sites for hydroxylation is 2. The molecular formula is C64H62N4OSi+2. The van der Waals surface area contributed by atoms with E-state index in [2.05, 4.69) is 226 Å². The van der Waals surface area contributed by atoms with Crippen LogP contribution in [0.25, 0.3) is 89.4 Å². The van der Waals surface area contributed by atoms with Crippen LogP contribution < -0.4 is 14.3 Å². The molecule has 0 amide bonds. The maximum absolute atomic E-state index is 7.39. The molecule has 2 unspecified atom stereocenters. The molecule has 0 saturated carbocycles. The molecule has 0 fully saturated rings. The Bertz CT molecular complexity index is 3690. The Morgan fingerprint density at radius 1 is 0.714 bits per heavy atom. The van der Waals surface area contributed by atoms with Gasteiger partial charge in [0.25, 0.3) is 5.82 Å². The summed E-state index contributed by atoms with van der Waals surface area (Å²) in [5, 5.41) is 3.71. The van der Waals surface area contributed by atoms with Crippen LogP contribution in [0.2, 0.25) is 19.6 Å². The molecule has 6 heteroatoms. The standard InChI is InChI=1S/C64H62N4OSi/c1-39(2)52-36-46(43-20-12-10-13-21-43)37-53(40(3)4)61(52)68-56-32-28-41(5)65-63(56)67-42(6)34-57-50(48-24-16-17-25-49(48)55-33-30-47(38-66(55)57)70(7,8)9)31-29-45-35-54(44-22-14-11-15-23-44)60-51-26-18-19-27-58(51)69-62(60)59(45)64(67)68/h10-28,30,32-33,35-40,50,57H,6,29,31,34H2,1-5,7-9H3/q+2. The number of hydrogen-bond donors (Lipinski definition) is 0. The van der Waals surface area contributed by atoms with E-state index in [-0.39, 0.29) is 23.8 Å². The normalized spacial score (nSPS) is 15.8. The summed E-state index contributed by atoms with van der Waals surface area (Å²) in [6, 6.07) is 56.4. The lowest BCUT2D eigenvalue weighted by Crippen LogP contribution is -2.53. The summed E-state index contributed by atoms with van der Waals surface area (Å²) >= 11 is 0. The van der Waals surface area contributed by atoms with E-state index in [1.165, 1.54) is 66.6 Å². The lowest BCUT2D eigenvalue weighted by Gasteiger charge is -2.32. The van der Waals surface area contributed by atoms with Gasteiger partial charge in [0.15, 0.2) is 17.8 Å². The maximum atomic E-state index is 7.39. The molecular weight excluding hydrogens is 869 g/mol. The summed E-state index contributed by atoms with van der Waals surface area (Å²) < 4.78 is 15.1. The highest BCUT2D eigenvalue weighted by molar-refractivity contribution is 6.88. The Kier molecular flexibility index (Phi) is 10.6. The molecule has 6 heterocycles. The highest BCUT2D eigenvalue weighted by Crippen LogP contribution is 2.50. The first-order valence-electron chi connectivity index (χ1n) is 25.4. The van der Waals surface area contributed by atoms with Gasteiger partial charge in [0.2, 0.25) is 5.69 Å². The van der Waals surface area contributed by atoms with Crippen molar-refractivity contribution in [3.05, 3.63) is 192 Å². The van der Waals surface area contributed by atoms with E-state index in [0.29, 0.717) is 0 Å². The lowest BCUT2D eigenvalue weighted by molar-refractivity contribution is -0.719. The first-order valence-corrected chi connectivity index (χ1v) is 28.9. The zero-order chi connectivity index (χ0) is 48.2. The molecule has 0 bridgehead atoms. The molecule has 4 aromatic heterocycles. The number of fused-ring (bicyclic) bond motifs is 15. The molecule has 70 heavy (non-hydrogen) atoms. The Labute approximate surface area is 413 Å². The van der Waals surface area contributed by atoms with Gasteiger partial charge in [-0.05, 0) is 119 Å². The number of allylic oxidation sites excluding steroid dienone is 1. The van der Waals surface area contributed by atoms with Gasteiger partial charge in [0.05, 0.1) is 25.8 Å². The van der Waals surface area contributed by atoms with Crippen LogP contribution in [-0.2, 0) is 6.42 Å². The average Bonchev–Trinajstić information content (AvgIpc) is 3.91. The molecule has 0 N–H and O–H groups in total. The molecule has 0 aliphatic carbocycles. The summed E-state index contributed by atoms with van der Waals surface area (Å²) in [5.74, 6) is 1.68. The molecule has 0 radical (unpaired) electrons. The minimum Gasteiger partial charge on any atom is -0.455 e. The molecule has 0 spiro atoms. The fourth-order valence-electron chi connectivity index (χ4n) is 11.9. The second-order valence-corrected chi connectivity index (χ2v) is 26.7. The number of imidazole rings is 1. The fraction of sp³-hybridized carbons (Fsp3) is 0.234. The van der Waals surface area contributed by atoms with Crippen LogP contribution in [0, 0.1) is 6.92 Å². The van der Waals surface area contributed by atoms with Crippen molar-refractivity contribution in [2.24, 2.45) is 0 Å². The number of aromatic nitrogens is 4. The minimum atomic E-state index is -1.69. The zero-order valence-electron chi connectivity index (χ0n) is 41.8. The third-order valence-electron chi connectivity index (χ3n) is 15.4. The van der Waals surface area contributed by atoms with Gasteiger partial charge in [-0.1, -0.05) is 157 Å².